The van der Waals surface area contributed by atoms with Crippen LogP contribution in [0.5, 0.6) is 0 Å². The van der Waals surface area contributed by atoms with Crippen molar-refractivity contribution in [2.45, 2.75) is 213 Å². The Bertz CT molecular complexity index is 799. The van der Waals surface area contributed by atoms with E-state index >= 15 is 0 Å². The molecule has 0 radical (unpaired) electrons. The van der Waals surface area contributed by atoms with Gasteiger partial charge in [0.2, 0.25) is 5.54 Å². The van der Waals surface area contributed by atoms with E-state index < -0.39 is 34.3 Å². The molecule has 0 aromatic rings. The number of carbonyl (C=O) groups excluding carboxylic acids is 3. The van der Waals surface area contributed by atoms with Crippen LogP contribution in [0.1, 0.15) is 207 Å². The van der Waals surface area contributed by atoms with Crippen molar-refractivity contribution >= 4 is 23.3 Å². The molecule has 7 nitrogen and oxygen atoms in total. The highest BCUT2D eigenvalue weighted by atomic mass is 16.5. The molecule has 46 heavy (non-hydrogen) atoms. The van der Waals surface area contributed by atoms with Gasteiger partial charge in [-0.2, -0.15) is 5.06 Å². The van der Waals surface area contributed by atoms with E-state index in [1.807, 2.05) is 0 Å². The molecule has 0 aromatic heterocycles. The van der Waals surface area contributed by atoms with Gasteiger partial charge >= 0.3 is 5.97 Å². The normalized spacial score (nSPS) is 17.8. The van der Waals surface area contributed by atoms with E-state index in [1.54, 1.807) is 0 Å². The number of carbonyl (C=O) groups is 4. The molecule has 0 amide bonds. The van der Waals surface area contributed by atoms with Crippen LogP contribution in [0, 0.1) is 5.41 Å². The largest absolute Gasteiger partial charge is 0.479 e. The van der Waals surface area contributed by atoms with Crippen LogP contribution in [0.3, 0.4) is 0 Å². The Morgan fingerprint density at radius 1 is 0.522 bits per heavy atom. The quantitative estimate of drug-likeness (QED) is 0.0551. The Morgan fingerprint density at radius 3 is 1.07 bits per heavy atom. The van der Waals surface area contributed by atoms with Crippen molar-refractivity contribution in [3.8, 4) is 0 Å². The first-order valence-corrected chi connectivity index (χ1v) is 19.5. The van der Waals surface area contributed by atoms with Crippen LogP contribution in [0.15, 0.2) is 0 Å². The number of Topliss-reactive ketones (excluding diaryl/α,β-unsaturated/α-hetero) is 3. The highest BCUT2D eigenvalue weighted by Gasteiger charge is 2.73. The van der Waals surface area contributed by atoms with Gasteiger partial charge in [-0.05, 0) is 26.2 Å². The summed E-state index contributed by atoms with van der Waals surface area (Å²) in [6.07, 6.45) is 30.1. The van der Waals surface area contributed by atoms with Gasteiger partial charge in [0.1, 0.15) is 17.0 Å². The number of nitrogens with zero attached hydrogens (tertiary/aromatic N) is 1. The minimum absolute atomic E-state index is 0.0538. The minimum Gasteiger partial charge on any atom is -0.479 e. The van der Waals surface area contributed by atoms with Gasteiger partial charge in [0.15, 0.2) is 5.78 Å². The zero-order valence-corrected chi connectivity index (χ0v) is 30.2. The van der Waals surface area contributed by atoms with Crippen LogP contribution < -0.4 is 0 Å². The predicted octanol–water partition coefficient (Wildman–Crippen LogP) is 10.6. The van der Waals surface area contributed by atoms with Gasteiger partial charge in [-0.1, -0.05) is 168 Å². The van der Waals surface area contributed by atoms with Crippen molar-refractivity contribution < 1.29 is 29.5 Å². The molecule has 1 atom stereocenters. The van der Waals surface area contributed by atoms with Crippen molar-refractivity contribution in [1.82, 2.24) is 5.06 Å². The number of carboxylic acid groups (broad SMARTS) is 1. The highest BCUT2D eigenvalue weighted by Crippen LogP contribution is 2.49. The van der Waals surface area contributed by atoms with E-state index in [9.17, 15) is 29.5 Å². The average Bonchev–Trinajstić information content (AvgIpc) is 3.36. The van der Waals surface area contributed by atoms with Crippen molar-refractivity contribution in [3.05, 3.63) is 0 Å². The van der Waals surface area contributed by atoms with Gasteiger partial charge in [-0.3, -0.25) is 14.4 Å². The maximum Gasteiger partial charge on any atom is 0.335 e. The second-order valence-corrected chi connectivity index (χ2v) is 14.2. The molecule has 0 spiro atoms. The average molecular weight is 650 g/mol. The van der Waals surface area contributed by atoms with Crippen LogP contribution in [-0.4, -0.2) is 50.8 Å². The number of carboxylic acids is 1. The molecule has 1 saturated heterocycles. The number of rotatable bonds is 32. The third-order valence-corrected chi connectivity index (χ3v) is 10.5. The molecule has 7 heteroatoms. The van der Waals surface area contributed by atoms with E-state index in [-0.39, 0.29) is 25.8 Å². The van der Waals surface area contributed by atoms with Crippen molar-refractivity contribution in [1.29, 1.82) is 0 Å². The van der Waals surface area contributed by atoms with E-state index in [0.717, 1.165) is 45.4 Å². The molecule has 1 heterocycles. The van der Waals surface area contributed by atoms with Crippen molar-refractivity contribution in [3.63, 3.8) is 0 Å². The fraction of sp³-hybridized carbons (Fsp3) is 0.897. The highest BCUT2D eigenvalue weighted by molar-refractivity contribution is 6.22. The molecule has 1 rings (SSSR count). The van der Waals surface area contributed by atoms with Crippen molar-refractivity contribution in [2.75, 3.05) is 6.54 Å². The number of hydrogen-bond acceptors (Lipinski definition) is 6. The SMILES string of the molecule is CCCCCCCCCCCCCCCC(=O)C1(C(=O)CCCCCCCCCCCCCCC)CCN(O)C1(C(C)=O)C(=O)O. The van der Waals surface area contributed by atoms with E-state index in [0.29, 0.717) is 17.9 Å². The van der Waals surface area contributed by atoms with Gasteiger partial charge < -0.3 is 10.3 Å². The van der Waals surface area contributed by atoms with E-state index in [1.165, 1.54) is 116 Å². The zero-order chi connectivity index (χ0) is 34.1. The van der Waals surface area contributed by atoms with Crippen LogP contribution in [0.25, 0.3) is 0 Å². The first kappa shape index (κ1) is 42.4. The van der Waals surface area contributed by atoms with Gasteiger partial charge in [0.05, 0.1) is 0 Å². The molecule has 2 N–H and O–H groups in total. The molecule has 0 aliphatic carbocycles. The molecule has 268 valence electrons. The fourth-order valence-electron chi connectivity index (χ4n) is 7.64. The topological polar surface area (TPSA) is 112 Å². The monoisotopic (exact) mass is 650 g/mol. The smallest absolute Gasteiger partial charge is 0.335 e. The van der Waals surface area contributed by atoms with E-state index in [4.69, 9.17) is 0 Å². The fourth-order valence-corrected chi connectivity index (χ4v) is 7.64. The lowest BCUT2D eigenvalue weighted by atomic mass is 9.61. The third kappa shape index (κ3) is 13.5. The minimum atomic E-state index is -2.55. The summed E-state index contributed by atoms with van der Waals surface area (Å²) in [6.45, 7) is 5.36. The Labute approximate surface area is 282 Å². The second-order valence-electron chi connectivity index (χ2n) is 14.2. The van der Waals surface area contributed by atoms with Gasteiger partial charge in [0.25, 0.3) is 0 Å². The molecule has 0 aromatic carbocycles. The van der Waals surface area contributed by atoms with Crippen LogP contribution in [-0.2, 0) is 19.2 Å². The molecule has 1 aliphatic rings. The first-order chi connectivity index (χ1) is 22.2. The van der Waals surface area contributed by atoms with E-state index in [2.05, 4.69) is 13.8 Å². The summed E-state index contributed by atoms with van der Waals surface area (Å²) in [4.78, 5) is 53.3. The maximum atomic E-state index is 13.8. The number of aliphatic carboxylic acids is 1. The summed E-state index contributed by atoms with van der Waals surface area (Å²) in [5.41, 5.74) is -4.58. The van der Waals surface area contributed by atoms with Crippen LogP contribution in [0.2, 0.25) is 0 Å². The molecule has 1 fully saturated rings. The van der Waals surface area contributed by atoms with Crippen LogP contribution in [0.4, 0.5) is 0 Å². The Morgan fingerprint density at radius 2 is 0.804 bits per heavy atom. The lowest BCUT2D eigenvalue weighted by Gasteiger charge is -2.40. The summed E-state index contributed by atoms with van der Waals surface area (Å²) in [6, 6.07) is 0. The Kier molecular flexibility index (Phi) is 23.4. The number of hydrogen-bond donors (Lipinski definition) is 2. The van der Waals surface area contributed by atoms with Gasteiger partial charge in [0, 0.05) is 19.4 Å². The van der Waals surface area contributed by atoms with Crippen molar-refractivity contribution in [2.24, 2.45) is 5.41 Å². The van der Waals surface area contributed by atoms with Crippen LogP contribution >= 0.6 is 0 Å². The number of ketones is 3. The summed E-state index contributed by atoms with van der Waals surface area (Å²) in [7, 11) is 0. The Hall–Kier alpha value is -1.60. The molecular formula is C39H71NO6. The molecule has 0 saturated carbocycles. The number of unbranched alkanes of at least 4 members (excludes halogenated alkanes) is 24. The Balaban J connectivity index is 2.55. The third-order valence-electron chi connectivity index (χ3n) is 10.5. The summed E-state index contributed by atoms with van der Waals surface area (Å²) in [5.74, 6) is -3.47. The maximum absolute atomic E-state index is 13.8. The second kappa shape index (κ2) is 25.4. The standard InChI is InChI=1S/C39H71NO6/c1-4-6-8-10-12-14-16-18-20-22-24-26-28-30-35(42)38(32-33-40(46)39(38,34(3)41)37(44)45)36(43)31-29-27-25-23-21-19-17-15-13-11-9-7-5-2/h46H,4-33H2,1-3H3,(H,44,45). The molecular weight excluding hydrogens is 578 g/mol. The van der Waals surface area contributed by atoms with Gasteiger partial charge in [-0.25, -0.2) is 4.79 Å². The predicted molar refractivity (Wildman–Crippen MR) is 187 cm³/mol. The van der Waals surface area contributed by atoms with Gasteiger partial charge in [-0.15, -0.1) is 0 Å². The first-order valence-electron chi connectivity index (χ1n) is 19.5. The lowest BCUT2D eigenvalue weighted by molar-refractivity contribution is -0.202. The molecule has 1 aliphatic heterocycles. The lowest BCUT2D eigenvalue weighted by Crippen LogP contribution is -2.68. The molecule has 0 bridgehead atoms. The zero-order valence-electron chi connectivity index (χ0n) is 30.2. The summed E-state index contributed by atoms with van der Waals surface area (Å²) < 4.78 is 0. The molecule has 1 unspecified atom stereocenters. The summed E-state index contributed by atoms with van der Waals surface area (Å²) in [5, 5.41) is 21.4. The summed E-state index contributed by atoms with van der Waals surface area (Å²) >= 11 is 0. The number of hydroxylamine groups is 2.